The quantitative estimate of drug-likeness (QED) is 0.828. The Labute approximate surface area is 131 Å². The fraction of sp³-hybridized carbons (Fsp3) is 0.125. The molecule has 0 aliphatic rings. The molecular weight excluding hydrogens is 332 g/mol. The molecule has 2 aromatic rings. The van der Waals surface area contributed by atoms with Crippen LogP contribution in [0.5, 0.6) is 0 Å². The number of amides is 2. The molecule has 0 saturated heterocycles. The van der Waals surface area contributed by atoms with Crippen LogP contribution < -0.4 is 10.6 Å². The topological polar surface area (TPSA) is 58.2 Å². The summed E-state index contributed by atoms with van der Waals surface area (Å²) in [6, 6.07) is 14.6. The lowest BCUT2D eigenvalue weighted by molar-refractivity contribution is -0.123. The summed E-state index contributed by atoms with van der Waals surface area (Å²) in [5, 5.41) is 5.41. The first kappa shape index (κ1) is 15.3. The van der Waals surface area contributed by atoms with Crippen molar-refractivity contribution in [1.29, 1.82) is 0 Å². The molecule has 21 heavy (non-hydrogen) atoms. The Morgan fingerprint density at radius 3 is 2.24 bits per heavy atom. The van der Waals surface area contributed by atoms with E-state index in [9.17, 15) is 9.59 Å². The number of benzene rings is 2. The van der Waals surface area contributed by atoms with Crippen molar-refractivity contribution in [2.45, 2.75) is 13.3 Å². The third kappa shape index (κ3) is 4.72. The van der Waals surface area contributed by atoms with Crippen LogP contribution in [-0.4, -0.2) is 11.8 Å². The van der Waals surface area contributed by atoms with E-state index in [1.54, 1.807) is 18.2 Å². The molecule has 0 saturated carbocycles. The van der Waals surface area contributed by atoms with Gasteiger partial charge in [0, 0.05) is 15.8 Å². The minimum atomic E-state index is -0.344. The summed E-state index contributed by atoms with van der Waals surface area (Å²) in [7, 11) is 0. The summed E-state index contributed by atoms with van der Waals surface area (Å²) < 4.78 is 0.929. The molecule has 2 N–H and O–H groups in total. The summed E-state index contributed by atoms with van der Waals surface area (Å²) in [5.41, 5.74) is 2.34. The fourth-order valence-electron chi connectivity index (χ4n) is 1.79. The lowest BCUT2D eigenvalue weighted by Crippen LogP contribution is -2.21. The minimum Gasteiger partial charge on any atom is -0.326 e. The summed E-state index contributed by atoms with van der Waals surface area (Å²) in [6.45, 7) is 1.90. The van der Waals surface area contributed by atoms with E-state index in [1.165, 1.54) is 0 Å². The van der Waals surface area contributed by atoms with Crippen LogP contribution in [0.25, 0.3) is 0 Å². The number of nitrogens with one attached hydrogen (secondary N) is 2. The molecule has 2 rings (SSSR count). The predicted octanol–water partition coefficient (Wildman–Crippen LogP) is 3.72. The van der Waals surface area contributed by atoms with Gasteiger partial charge in [-0.2, -0.15) is 0 Å². The number of halogens is 1. The molecule has 0 spiro atoms. The van der Waals surface area contributed by atoms with Crippen molar-refractivity contribution in [2.75, 3.05) is 10.6 Å². The first-order chi connectivity index (χ1) is 10.0. The average Bonchev–Trinajstić information content (AvgIpc) is 2.44. The van der Waals surface area contributed by atoms with Crippen LogP contribution >= 0.6 is 15.9 Å². The molecule has 108 valence electrons. The molecule has 0 aliphatic carbocycles. The Hall–Kier alpha value is -2.14. The van der Waals surface area contributed by atoms with Gasteiger partial charge >= 0.3 is 0 Å². The lowest BCUT2D eigenvalue weighted by Gasteiger charge is -2.08. The number of hydrogen-bond donors (Lipinski definition) is 2. The van der Waals surface area contributed by atoms with Crippen molar-refractivity contribution < 1.29 is 9.59 Å². The molecule has 0 aliphatic heterocycles. The summed E-state index contributed by atoms with van der Waals surface area (Å²) in [5.74, 6) is -0.678. The lowest BCUT2D eigenvalue weighted by atomic mass is 10.2. The second-order valence-electron chi connectivity index (χ2n) is 4.59. The van der Waals surface area contributed by atoms with Gasteiger partial charge in [0.15, 0.2) is 0 Å². The van der Waals surface area contributed by atoms with Gasteiger partial charge in [0.25, 0.3) is 0 Å². The highest BCUT2D eigenvalue weighted by atomic mass is 79.9. The molecule has 0 heterocycles. The smallest absolute Gasteiger partial charge is 0.233 e. The molecule has 2 aromatic carbocycles. The Balaban J connectivity index is 1.89. The van der Waals surface area contributed by atoms with Crippen molar-refractivity contribution in [3.05, 3.63) is 58.6 Å². The van der Waals surface area contributed by atoms with Gasteiger partial charge in [-0.15, -0.1) is 0 Å². The predicted molar refractivity (Wildman–Crippen MR) is 87.2 cm³/mol. The Bertz CT molecular complexity index is 654. The zero-order valence-electron chi connectivity index (χ0n) is 11.5. The molecule has 0 atom stereocenters. The molecular formula is C16H15BrN2O2. The van der Waals surface area contributed by atoms with Crippen LogP contribution in [0.15, 0.2) is 53.0 Å². The highest BCUT2D eigenvalue weighted by Crippen LogP contribution is 2.15. The van der Waals surface area contributed by atoms with Gasteiger partial charge in [0.2, 0.25) is 11.8 Å². The Morgan fingerprint density at radius 1 is 0.952 bits per heavy atom. The molecule has 5 heteroatoms. The van der Waals surface area contributed by atoms with Crippen LogP contribution in [0, 0.1) is 6.92 Å². The number of carbonyl (C=O) groups excluding carboxylic acids is 2. The number of rotatable bonds is 4. The largest absolute Gasteiger partial charge is 0.326 e. The summed E-state index contributed by atoms with van der Waals surface area (Å²) >= 11 is 3.32. The number of anilines is 2. The summed E-state index contributed by atoms with van der Waals surface area (Å²) in [6.07, 6.45) is -0.218. The maximum atomic E-state index is 11.8. The molecule has 0 aromatic heterocycles. The third-order valence-electron chi connectivity index (χ3n) is 2.87. The van der Waals surface area contributed by atoms with E-state index in [1.807, 2.05) is 37.3 Å². The monoisotopic (exact) mass is 346 g/mol. The maximum Gasteiger partial charge on any atom is 0.233 e. The van der Waals surface area contributed by atoms with E-state index in [2.05, 4.69) is 26.6 Å². The molecule has 4 nitrogen and oxygen atoms in total. The zero-order valence-corrected chi connectivity index (χ0v) is 13.1. The highest BCUT2D eigenvalue weighted by Gasteiger charge is 2.10. The Morgan fingerprint density at radius 2 is 1.57 bits per heavy atom. The van der Waals surface area contributed by atoms with E-state index in [-0.39, 0.29) is 18.2 Å². The molecule has 0 unspecified atom stereocenters. The molecule has 2 amide bonds. The van der Waals surface area contributed by atoms with E-state index < -0.39 is 0 Å². The number of aryl methyl sites for hydroxylation is 1. The van der Waals surface area contributed by atoms with E-state index >= 15 is 0 Å². The van der Waals surface area contributed by atoms with Gasteiger partial charge in [-0.05, 0) is 42.8 Å². The van der Waals surface area contributed by atoms with E-state index in [4.69, 9.17) is 0 Å². The van der Waals surface area contributed by atoms with E-state index in [0.29, 0.717) is 5.69 Å². The maximum absolute atomic E-state index is 11.8. The van der Waals surface area contributed by atoms with Crippen molar-refractivity contribution in [1.82, 2.24) is 0 Å². The third-order valence-corrected chi connectivity index (χ3v) is 3.40. The Kier molecular flexibility index (Phi) is 5.11. The fourth-order valence-corrected chi connectivity index (χ4v) is 2.06. The van der Waals surface area contributed by atoms with Gasteiger partial charge in [-0.25, -0.2) is 0 Å². The molecule has 0 radical (unpaired) electrons. The van der Waals surface area contributed by atoms with Gasteiger partial charge in [-0.1, -0.05) is 34.1 Å². The van der Waals surface area contributed by atoms with Crippen molar-refractivity contribution in [3.8, 4) is 0 Å². The van der Waals surface area contributed by atoms with Crippen LogP contribution in [0.4, 0.5) is 11.4 Å². The first-order valence-corrected chi connectivity index (χ1v) is 7.25. The summed E-state index contributed by atoms with van der Waals surface area (Å²) in [4.78, 5) is 23.6. The number of carbonyl (C=O) groups is 2. The van der Waals surface area contributed by atoms with Gasteiger partial charge in [0.05, 0.1) is 0 Å². The van der Waals surface area contributed by atoms with Crippen LogP contribution in [-0.2, 0) is 9.59 Å². The number of para-hydroxylation sites is 1. The van der Waals surface area contributed by atoms with Crippen molar-refractivity contribution in [3.63, 3.8) is 0 Å². The normalized spacial score (nSPS) is 10.0. The van der Waals surface area contributed by atoms with Gasteiger partial charge in [-0.3, -0.25) is 9.59 Å². The standard InChI is InChI=1S/C16H15BrN2O2/c1-11-4-2-3-5-14(11)19-16(21)10-15(20)18-13-8-6-12(17)7-9-13/h2-9H,10H2,1H3,(H,18,20)(H,19,21). The van der Waals surface area contributed by atoms with Crippen molar-refractivity contribution in [2.24, 2.45) is 0 Å². The zero-order chi connectivity index (χ0) is 15.2. The highest BCUT2D eigenvalue weighted by molar-refractivity contribution is 9.10. The van der Waals surface area contributed by atoms with Gasteiger partial charge < -0.3 is 10.6 Å². The van der Waals surface area contributed by atoms with Crippen molar-refractivity contribution >= 4 is 39.1 Å². The van der Waals surface area contributed by atoms with Gasteiger partial charge in [0.1, 0.15) is 6.42 Å². The second-order valence-corrected chi connectivity index (χ2v) is 5.51. The van der Waals surface area contributed by atoms with Crippen LogP contribution in [0.3, 0.4) is 0 Å². The molecule has 0 fully saturated rings. The number of hydrogen-bond acceptors (Lipinski definition) is 2. The average molecular weight is 347 g/mol. The van der Waals surface area contributed by atoms with Crippen LogP contribution in [0.2, 0.25) is 0 Å². The second kappa shape index (κ2) is 7.04. The van der Waals surface area contributed by atoms with E-state index in [0.717, 1.165) is 15.7 Å². The minimum absolute atomic E-state index is 0.218. The first-order valence-electron chi connectivity index (χ1n) is 6.45. The van der Waals surface area contributed by atoms with Crippen LogP contribution in [0.1, 0.15) is 12.0 Å². The molecule has 0 bridgehead atoms. The SMILES string of the molecule is Cc1ccccc1NC(=O)CC(=O)Nc1ccc(Br)cc1.